The van der Waals surface area contributed by atoms with Gasteiger partial charge in [-0.15, -0.1) is 0 Å². The van der Waals surface area contributed by atoms with Crippen LogP contribution in [0.4, 0.5) is 0 Å². The van der Waals surface area contributed by atoms with E-state index in [9.17, 15) is 8.42 Å². The fourth-order valence-corrected chi connectivity index (χ4v) is 4.33. The molecular weight excluding hydrogens is 406 g/mol. The Balaban J connectivity index is 2.27. The van der Waals surface area contributed by atoms with Crippen LogP contribution < -0.4 is 4.72 Å². The van der Waals surface area contributed by atoms with Crippen molar-refractivity contribution in [3.63, 3.8) is 0 Å². The summed E-state index contributed by atoms with van der Waals surface area (Å²) in [5, 5.41) is 0.504. The first-order valence-corrected chi connectivity index (χ1v) is 9.31. The molecule has 0 spiro atoms. The first kappa shape index (κ1) is 15.7. The number of rotatable bonds is 5. The minimum absolute atomic E-state index is 0.244. The van der Waals surface area contributed by atoms with Crippen molar-refractivity contribution in [2.24, 2.45) is 0 Å². The third-order valence-electron chi connectivity index (χ3n) is 2.76. The molecule has 0 radical (unpaired) electrons. The lowest BCUT2D eigenvalue weighted by Crippen LogP contribution is -2.29. The Kier molecular flexibility index (Phi) is 5.37. The topological polar surface area (TPSA) is 46.2 Å². The van der Waals surface area contributed by atoms with Crippen molar-refractivity contribution in [2.75, 3.05) is 5.33 Å². The lowest BCUT2D eigenvalue weighted by Gasteiger charge is -2.17. The molecule has 2 aromatic carbocycles. The van der Waals surface area contributed by atoms with Gasteiger partial charge in [0.15, 0.2) is 0 Å². The van der Waals surface area contributed by atoms with E-state index in [4.69, 9.17) is 0 Å². The standard InChI is InChI=1S/C14H13Br2NO2S/c15-10-14(11-5-2-1-3-6-11)17-20(18,19)13-8-4-7-12(16)9-13/h1-9,14,17H,10H2. The highest BCUT2D eigenvalue weighted by Crippen LogP contribution is 2.21. The molecule has 0 saturated carbocycles. The molecule has 0 amide bonds. The van der Waals surface area contributed by atoms with Crippen molar-refractivity contribution in [3.8, 4) is 0 Å². The van der Waals surface area contributed by atoms with Crippen molar-refractivity contribution in [1.82, 2.24) is 4.72 Å². The van der Waals surface area contributed by atoms with Crippen LogP contribution in [0.5, 0.6) is 0 Å². The molecule has 2 rings (SSSR count). The van der Waals surface area contributed by atoms with Gasteiger partial charge in [-0.3, -0.25) is 0 Å². The average Bonchev–Trinajstić information content (AvgIpc) is 2.46. The second-order valence-electron chi connectivity index (χ2n) is 4.20. The zero-order valence-electron chi connectivity index (χ0n) is 10.5. The van der Waals surface area contributed by atoms with E-state index in [1.165, 1.54) is 0 Å². The van der Waals surface area contributed by atoms with E-state index in [-0.39, 0.29) is 10.9 Å². The van der Waals surface area contributed by atoms with Gasteiger partial charge in [0.05, 0.1) is 10.9 Å². The zero-order valence-corrected chi connectivity index (χ0v) is 14.4. The van der Waals surface area contributed by atoms with Gasteiger partial charge in [0, 0.05) is 9.80 Å². The largest absolute Gasteiger partial charge is 0.241 e. The third-order valence-corrected chi connectivity index (χ3v) is 5.37. The Bertz CT molecular complexity index is 675. The second kappa shape index (κ2) is 6.85. The summed E-state index contributed by atoms with van der Waals surface area (Å²) in [6, 6.07) is 15.8. The Labute approximate surface area is 135 Å². The maximum absolute atomic E-state index is 12.4. The molecule has 2 aromatic rings. The molecule has 6 heteroatoms. The Morgan fingerprint density at radius 1 is 1.05 bits per heavy atom. The maximum atomic E-state index is 12.4. The molecule has 0 fully saturated rings. The van der Waals surface area contributed by atoms with E-state index in [0.717, 1.165) is 10.0 Å². The number of hydrogen-bond donors (Lipinski definition) is 1. The summed E-state index contributed by atoms with van der Waals surface area (Å²) < 4.78 is 28.2. The van der Waals surface area contributed by atoms with Gasteiger partial charge in [0.25, 0.3) is 0 Å². The maximum Gasteiger partial charge on any atom is 0.241 e. The molecule has 0 bridgehead atoms. The SMILES string of the molecule is O=S(=O)(NC(CBr)c1ccccc1)c1cccc(Br)c1. The molecule has 0 heterocycles. The number of halogens is 2. The zero-order chi connectivity index (χ0) is 14.6. The molecule has 0 aliphatic carbocycles. The van der Waals surface area contributed by atoms with E-state index in [1.807, 2.05) is 30.3 Å². The van der Waals surface area contributed by atoms with Crippen LogP contribution >= 0.6 is 31.9 Å². The first-order chi connectivity index (χ1) is 9.53. The van der Waals surface area contributed by atoms with Gasteiger partial charge < -0.3 is 0 Å². The molecule has 20 heavy (non-hydrogen) atoms. The van der Waals surface area contributed by atoms with Gasteiger partial charge in [0.2, 0.25) is 10.0 Å². The fourth-order valence-electron chi connectivity index (χ4n) is 1.76. The van der Waals surface area contributed by atoms with Gasteiger partial charge in [0.1, 0.15) is 0 Å². The summed E-state index contributed by atoms with van der Waals surface area (Å²) in [5.74, 6) is 0. The normalized spacial score (nSPS) is 13.1. The Morgan fingerprint density at radius 2 is 1.75 bits per heavy atom. The highest BCUT2D eigenvalue weighted by Gasteiger charge is 2.20. The summed E-state index contributed by atoms with van der Waals surface area (Å²) in [4.78, 5) is 0.244. The van der Waals surface area contributed by atoms with Crippen molar-refractivity contribution in [3.05, 3.63) is 64.6 Å². The predicted molar refractivity (Wildman–Crippen MR) is 87.4 cm³/mol. The van der Waals surface area contributed by atoms with Crippen LogP contribution in [0.3, 0.4) is 0 Å². The molecule has 1 N–H and O–H groups in total. The van der Waals surface area contributed by atoms with Crippen molar-refractivity contribution >= 4 is 41.9 Å². The Morgan fingerprint density at radius 3 is 2.35 bits per heavy atom. The molecule has 0 aliphatic rings. The summed E-state index contributed by atoms with van der Waals surface area (Å²) >= 11 is 6.64. The molecule has 0 aromatic heterocycles. The molecule has 1 atom stereocenters. The Hall–Kier alpha value is -0.690. The molecule has 3 nitrogen and oxygen atoms in total. The van der Waals surface area contributed by atoms with E-state index in [1.54, 1.807) is 24.3 Å². The number of alkyl halides is 1. The minimum Gasteiger partial charge on any atom is -0.207 e. The predicted octanol–water partition coefficient (Wildman–Crippen LogP) is 3.86. The second-order valence-corrected chi connectivity index (χ2v) is 7.47. The molecule has 0 saturated heterocycles. The first-order valence-electron chi connectivity index (χ1n) is 5.92. The summed E-state index contributed by atoms with van der Waals surface area (Å²) in [5.41, 5.74) is 0.919. The number of nitrogens with one attached hydrogen (secondary N) is 1. The quantitative estimate of drug-likeness (QED) is 0.749. The summed E-state index contributed by atoms with van der Waals surface area (Å²) in [7, 11) is -3.55. The van der Waals surface area contributed by atoms with E-state index in [2.05, 4.69) is 36.6 Å². The van der Waals surface area contributed by atoms with Gasteiger partial charge in [-0.05, 0) is 23.8 Å². The molecule has 1 unspecified atom stereocenters. The van der Waals surface area contributed by atoms with Gasteiger partial charge in [-0.2, -0.15) is 0 Å². The fraction of sp³-hybridized carbons (Fsp3) is 0.143. The summed E-state index contributed by atoms with van der Waals surface area (Å²) in [6.45, 7) is 0. The van der Waals surface area contributed by atoms with Crippen molar-refractivity contribution in [1.29, 1.82) is 0 Å². The number of benzene rings is 2. The van der Waals surface area contributed by atoms with E-state index < -0.39 is 10.0 Å². The van der Waals surface area contributed by atoms with Crippen molar-refractivity contribution < 1.29 is 8.42 Å². The number of sulfonamides is 1. The molecule has 0 aliphatic heterocycles. The number of hydrogen-bond acceptors (Lipinski definition) is 2. The lowest BCUT2D eigenvalue weighted by molar-refractivity contribution is 0.569. The van der Waals surface area contributed by atoms with Gasteiger partial charge in [-0.25, -0.2) is 13.1 Å². The van der Waals surface area contributed by atoms with Crippen LogP contribution in [-0.2, 0) is 10.0 Å². The third kappa shape index (κ3) is 3.91. The molecular formula is C14H13Br2NO2S. The van der Waals surface area contributed by atoms with Crippen LogP contribution in [-0.4, -0.2) is 13.7 Å². The summed E-state index contributed by atoms with van der Waals surface area (Å²) in [6.07, 6.45) is 0. The smallest absolute Gasteiger partial charge is 0.207 e. The van der Waals surface area contributed by atoms with Crippen LogP contribution in [0.1, 0.15) is 11.6 Å². The lowest BCUT2D eigenvalue weighted by atomic mass is 10.1. The van der Waals surface area contributed by atoms with Crippen LogP contribution in [0.2, 0.25) is 0 Å². The molecule has 106 valence electrons. The van der Waals surface area contributed by atoms with Crippen molar-refractivity contribution in [2.45, 2.75) is 10.9 Å². The minimum atomic E-state index is -3.55. The van der Waals surface area contributed by atoms with Gasteiger partial charge in [-0.1, -0.05) is 68.3 Å². The van der Waals surface area contributed by atoms with Crippen LogP contribution in [0.25, 0.3) is 0 Å². The van der Waals surface area contributed by atoms with Crippen LogP contribution in [0, 0.1) is 0 Å². The van der Waals surface area contributed by atoms with Crippen LogP contribution in [0.15, 0.2) is 64.0 Å². The van der Waals surface area contributed by atoms with E-state index >= 15 is 0 Å². The average molecular weight is 419 g/mol. The monoisotopic (exact) mass is 417 g/mol. The highest BCUT2D eigenvalue weighted by atomic mass is 79.9. The van der Waals surface area contributed by atoms with E-state index in [0.29, 0.717) is 5.33 Å². The van der Waals surface area contributed by atoms with Gasteiger partial charge >= 0.3 is 0 Å². The highest BCUT2D eigenvalue weighted by molar-refractivity contribution is 9.10.